The summed E-state index contributed by atoms with van der Waals surface area (Å²) in [4.78, 5) is 10.6. The van der Waals surface area contributed by atoms with Crippen molar-refractivity contribution in [1.29, 1.82) is 0 Å². The highest BCUT2D eigenvalue weighted by molar-refractivity contribution is 6.18. The zero-order valence-electron chi connectivity index (χ0n) is 7.38. The molecule has 1 unspecified atom stereocenters. The summed E-state index contributed by atoms with van der Waals surface area (Å²) in [5.41, 5.74) is -0.771. The highest BCUT2D eigenvalue weighted by Gasteiger charge is 2.27. The number of alkyl halides is 1. The molecular formula is C8H15ClO3. The van der Waals surface area contributed by atoms with Crippen LogP contribution < -0.4 is 0 Å². The Hall–Kier alpha value is -0.280. The average molecular weight is 195 g/mol. The van der Waals surface area contributed by atoms with Gasteiger partial charge in [0.15, 0.2) is 0 Å². The average Bonchev–Trinajstić information content (AvgIpc) is 2.00. The lowest BCUT2D eigenvalue weighted by atomic mass is 9.87. The van der Waals surface area contributed by atoms with E-state index in [1.807, 2.05) is 0 Å². The molecule has 0 aromatic carbocycles. The van der Waals surface area contributed by atoms with Gasteiger partial charge >= 0.3 is 5.97 Å². The summed E-state index contributed by atoms with van der Waals surface area (Å²) in [7, 11) is 0. The number of aliphatic hydroxyl groups is 1. The van der Waals surface area contributed by atoms with Gasteiger partial charge in [-0.1, -0.05) is 0 Å². The summed E-state index contributed by atoms with van der Waals surface area (Å²) in [6, 6.07) is 0. The van der Waals surface area contributed by atoms with Crippen molar-refractivity contribution < 1.29 is 15.0 Å². The highest BCUT2D eigenvalue weighted by Crippen LogP contribution is 2.23. The second-order valence-corrected chi connectivity index (χ2v) is 3.84. The van der Waals surface area contributed by atoms with Crippen molar-refractivity contribution in [2.75, 3.05) is 5.88 Å². The molecule has 0 aliphatic carbocycles. The van der Waals surface area contributed by atoms with Gasteiger partial charge in [0, 0.05) is 5.88 Å². The van der Waals surface area contributed by atoms with E-state index in [9.17, 15) is 4.79 Å². The molecule has 0 saturated carbocycles. The van der Waals surface area contributed by atoms with Gasteiger partial charge in [0.1, 0.15) is 0 Å². The Bertz CT molecular complexity index is 156. The number of halogens is 1. The van der Waals surface area contributed by atoms with Crippen molar-refractivity contribution in [2.45, 2.75) is 32.8 Å². The van der Waals surface area contributed by atoms with Crippen molar-refractivity contribution >= 4 is 17.6 Å². The van der Waals surface area contributed by atoms with E-state index in [4.69, 9.17) is 21.8 Å². The summed E-state index contributed by atoms with van der Waals surface area (Å²) >= 11 is 5.36. The lowest BCUT2D eigenvalue weighted by molar-refractivity contribution is -0.147. The van der Waals surface area contributed by atoms with Crippen molar-refractivity contribution in [3.8, 4) is 0 Å². The fraction of sp³-hybridized carbons (Fsp3) is 0.875. The van der Waals surface area contributed by atoms with E-state index in [0.717, 1.165) is 0 Å². The first kappa shape index (κ1) is 11.7. The van der Waals surface area contributed by atoms with E-state index in [1.54, 1.807) is 13.8 Å². The number of rotatable bonds is 5. The lowest BCUT2D eigenvalue weighted by Crippen LogP contribution is -2.25. The Kier molecular flexibility index (Phi) is 4.57. The lowest BCUT2D eigenvalue weighted by Gasteiger charge is -2.19. The SMILES string of the molecule is CC(C)(CCC(O)CCl)C(=O)O. The summed E-state index contributed by atoms with van der Waals surface area (Å²) in [6.07, 6.45) is 0.282. The summed E-state index contributed by atoms with van der Waals surface area (Å²) in [5, 5.41) is 17.8. The summed E-state index contributed by atoms with van der Waals surface area (Å²) in [5.74, 6) is -0.681. The molecule has 3 nitrogen and oxygen atoms in total. The third-order valence-corrected chi connectivity index (χ3v) is 2.22. The predicted octanol–water partition coefficient (Wildman–Crippen LogP) is 1.48. The van der Waals surface area contributed by atoms with E-state index in [1.165, 1.54) is 0 Å². The van der Waals surface area contributed by atoms with Crippen LogP contribution in [0.4, 0.5) is 0 Å². The minimum absolute atomic E-state index is 0.162. The number of aliphatic hydroxyl groups excluding tert-OH is 1. The highest BCUT2D eigenvalue weighted by atomic mass is 35.5. The van der Waals surface area contributed by atoms with Gasteiger partial charge in [0.05, 0.1) is 11.5 Å². The molecule has 0 spiro atoms. The number of carboxylic acids is 1. The van der Waals surface area contributed by atoms with Crippen LogP contribution in [0.3, 0.4) is 0 Å². The molecule has 1 atom stereocenters. The third-order valence-electron chi connectivity index (χ3n) is 1.86. The molecule has 4 heteroatoms. The molecule has 0 heterocycles. The quantitative estimate of drug-likeness (QED) is 0.652. The van der Waals surface area contributed by atoms with Gasteiger partial charge in [-0.3, -0.25) is 4.79 Å². The Balaban J connectivity index is 3.83. The second kappa shape index (κ2) is 4.67. The number of carbonyl (C=O) groups is 1. The maximum atomic E-state index is 10.6. The molecule has 0 rings (SSSR count). The number of aliphatic carboxylic acids is 1. The van der Waals surface area contributed by atoms with Gasteiger partial charge in [-0.15, -0.1) is 11.6 Å². The molecule has 0 aromatic rings. The van der Waals surface area contributed by atoms with E-state index >= 15 is 0 Å². The van der Waals surface area contributed by atoms with E-state index in [0.29, 0.717) is 12.8 Å². The topological polar surface area (TPSA) is 57.5 Å². The molecule has 72 valence electrons. The van der Waals surface area contributed by atoms with Gasteiger partial charge < -0.3 is 10.2 Å². The largest absolute Gasteiger partial charge is 0.481 e. The van der Waals surface area contributed by atoms with E-state index < -0.39 is 17.5 Å². The fourth-order valence-electron chi connectivity index (χ4n) is 0.712. The van der Waals surface area contributed by atoms with Crippen molar-refractivity contribution in [2.24, 2.45) is 5.41 Å². The van der Waals surface area contributed by atoms with Gasteiger partial charge in [-0.05, 0) is 26.7 Å². The maximum absolute atomic E-state index is 10.6. The first-order valence-corrected chi connectivity index (χ1v) is 4.41. The Morgan fingerprint density at radius 3 is 2.42 bits per heavy atom. The Morgan fingerprint density at radius 2 is 2.08 bits per heavy atom. The van der Waals surface area contributed by atoms with Gasteiger partial charge in [0.25, 0.3) is 0 Å². The van der Waals surface area contributed by atoms with Crippen LogP contribution >= 0.6 is 11.6 Å². The van der Waals surface area contributed by atoms with Crippen molar-refractivity contribution in [3.63, 3.8) is 0 Å². The molecule has 0 aliphatic heterocycles. The second-order valence-electron chi connectivity index (χ2n) is 3.54. The molecular weight excluding hydrogens is 180 g/mol. The molecule has 0 bridgehead atoms. The van der Waals surface area contributed by atoms with Crippen LogP contribution in [0.25, 0.3) is 0 Å². The van der Waals surface area contributed by atoms with Gasteiger partial charge in [0.2, 0.25) is 0 Å². The van der Waals surface area contributed by atoms with Crippen LogP contribution in [0.1, 0.15) is 26.7 Å². The van der Waals surface area contributed by atoms with Gasteiger partial charge in [-0.25, -0.2) is 0 Å². The zero-order chi connectivity index (χ0) is 9.78. The van der Waals surface area contributed by atoms with Crippen LogP contribution in [0.2, 0.25) is 0 Å². The zero-order valence-corrected chi connectivity index (χ0v) is 8.14. The van der Waals surface area contributed by atoms with Crippen LogP contribution in [-0.4, -0.2) is 28.2 Å². The minimum Gasteiger partial charge on any atom is -0.481 e. The summed E-state index contributed by atoms with van der Waals surface area (Å²) < 4.78 is 0. The smallest absolute Gasteiger partial charge is 0.309 e. The monoisotopic (exact) mass is 194 g/mol. The number of carboxylic acid groups (broad SMARTS) is 1. The first-order valence-electron chi connectivity index (χ1n) is 3.87. The normalized spacial score (nSPS) is 14.3. The molecule has 2 N–H and O–H groups in total. The van der Waals surface area contributed by atoms with Crippen molar-refractivity contribution in [3.05, 3.63) is 0 Å². The predicted molar refractivity (Wildman–Crippen MR) is 47.4 cm³/mol. The number of hydrogen-bond donors (Lipinski definition) is 2. The van der Waals surface area contributed by atoms with E-state index in [-0.39, 0.29) is 5.88 Å². The molecule has 0 aliphatic rings. The standard InChI is InChI=1S/C8H15ClO3/c1-8(2,7(11)12)4-3-6(10)5-9/h6,10H,3-5H2,1-2H3,(H,11,12). The third kappa shape index (κ3) is 3.93. The van der Waals surface area contributed by atoms with Crippen LogP contribution in [-0.2, 0) is 4.79 Å². The minimum atomic E-state index is -0.843. The van der Waals surface area contributed by atoms with Crippen molar-refractivity contribution in [1.82, 2.24) is 0 Å². The first-order chi connectivity index (χ1) is 5.40. The molecule has 0 amide bonds. The Morgan fingerprint density at radius 1 is 1.58 bits per heavy atom. The maximum Gasteiger partial charge on any atom is 0.309 e. The van der Waals surface area contributed by atoms with E-state index in [2.05, 4.69) is 0 Å². The van der Waals surface area contributed by atoms with Crippen LogP contribution in [0.15, 0.2) is 0 Å². The Labute approximate surface area is 77.3 Å². The molecule has 12 heavy (non-hydrogen) atoms. The van der Waals surface area contributed by atoms with Crippen LogP contribution in [0.5, 0.6) is 0 Å². The molecule has 0 saturated heterocycles. The molecule has 0 radical (unpaired) electrons. The summed E-state index contributed by atoms with van der Waals surface area (Å²) in [6.45, 7) is 3.27. The number of hydrogen-bond acceptors (Lipinski definition) is 2. The van der Waals surface area contributed by atoms with Gasteiger partial charge in [-0.2, -0.15) is 0 Å². The van der Waals surface area contributed by atoms with Crippen LogP contribution in [0, 0.1) is 5.41 Å². The fourth-order valence-corrected chi connectivity index (χ4v) is 0.866. The molecule has 0 aromatic heterocycles. The molecule has 0 fully saturated rings.